The molecule has 1 N–H and O–H groups in total. The van der Waals surface area contributed by atoms with Crippen molar-refractivity contribution in [2.24, 2.45) is 7.05 Å². The molecule has 1 aromatic heterocycles. The Labute approximate surface area is 140 Å². The maximum absolute atomic E-state index is 12.4. The smallest absolute Gasteiger partial charge is 0.250 e. The summed E-state index contributed by atoms with van der Waals surface area (Å²) < 4.78 is 1.67. The first-order chi connectivity index (χ1) is 11.6. The van der Waals surface area contributed by atoms with Gasteiger partial charge in [-0.15, -0.1) is 0 Å². The first kappa shape index (κ1) is 16.0. The second-order valence-corrected chi connectivity index (χ2v) is 6.13. The van der Waals surface area contributed by atoms with Gasteiger partial charge in [0.1, 0.15) is 0 Å². The van der Waals surface area contributed by atoms with Crippen LogP contribution >= 0.6 is 0 Å². The number of nitriles is 1. The van der Waals surface area contributed by atoms with E-state index < -0.39 is 0 Å². The Balaban J connectivity index is 1.75. The zero-order chi connectivity index (χ0) is 17.1. The SMILES string of the molecule is Cn1c2c(ccc1=O)[C@H](NC(=O)Cc1cccc(C#N)c1)CCC2. The molecule has 122 valence electrons. The Morgan fingerprint density at radius 2 is 2.21 bits per heavy atom. The average Bonchev–Trinajstić information content (AvgIpc) is 2.58. The highest BCUT2D eigenvalue weighted by molar-refractivity contribution is 5.79. The number of amides is 1. The molecule has 1 heterocycles. The molecule has 0 radical (unpaired) electrons. The highest BCUT2D eigenvalue weighted by atomic mass is 16.1. The minimum absolute atomic E-state index is 0.0194. The van der Waals surface area contributed by atoms with Gasteiger partial charge >= 0.3 is 0 Å². The lowest BCUT2D eigenvalue weighted by atomic mass is 9.90. The summed E-state index contributed by atoms with van der Waals surface area (Å²) in [5.74, 6) is -0.0724. The Kier molecular flexibility index (Phi) is 4.48. The molecule has 2 aromatic rings. The first-order valence-electron chi connectivity index (χ1n) is 8.05. The predicted molar refractivity (Wildman–Crippen MR) is 90.4 cm³/mol. The van der Waals surface area contributed by atoms with Crippen molar-refractivity contribution in [3.63, 3.8) is 0 Å². The van der Waals surface area contributed by atoms with E-state index in [9.17, 15) is 9.59 Å². The molecule has 1 atom stereocenters. The van der Waals surface area contributed by atoms with E-state index in [0.717, 1.165) is 36.1 Å². The lowest BCUT2D eigenvalue weighted by Gasteiger charge is -2.27. The first-order valence-corrected chi connectivity index (χ1v) is 8.05. The fourth-order valence-electron chi connectivity index (χ4n) is 3.29. The number of hydrogen-bond donors (Lipinski definition) is 1. The van der Waals surface area contributed by atoms with Crippen molar-refractivity contribution in [3.05, 3.63) is 69.1 Å². The van der Waals surface area contributed by atoms with Crippen LogP contribution in [0.2, 0.25) is 0 Å². The third-order valence-corrected chi connectivity index (χ3v) is 4.51. The highest BCUT2D eigenvalue weighted by Crippen LogP contribution is 2.28. The Hall–Kier alpha value is -2.87. The molecular weight excluding hydrogens is 302 g/mol. The van der Waals surface area contributed by atoms with Crippen LogP contribution in [0.1, 0.15) is 41.3 Å². The Morgan fingerprint density at radius 1 is 1.38 bits per heavy atom. The molecule has 3 rings (SSSR count). The number of pyridine rings is 1. The van der Waals surface area contributed by atoms with E-state index in [1.165, 1.54) is 0 Å². The molecule has 5 nitrogen and oxygen atoms in total. The number of carbonyl (C=O) groups is 1. The van der Waals surface area contributed by atoms with Crippen LogP contribution in [0.4, 0.5) is 0 Å². The number of nitrogens with one attached hydrogen (secondary N) is 1. The number of rotatable bonds is 3. The van der Waals surface area contributed by atoms with Gasteiger partial charge in [0.25, 0.3) is 0 Å². The third-order valence-electron chi connectivity index (χ3n) is 4.51. The van der Waals surface area contributed by atoms with Gasteiger partial charge in [-0.25, -0.2) is 0 Å². The van der Waals surface area contributed by atoms with Crippen LogP contribution < -0.4 is 10.9 Å². The van der Waals surface area contributed by atoms with Crippen LogP contribution in [0.3, 0.4) is 0 Å². The zero-order valence-corrected chi connectivity index (χ0v) is 13.6. The molecule has 1 aromatic carbocycles. The standard InChI is InChI=1S/C19H19N3O2/c1-22-17-7-3-6-16(15(17)8-9-19(22)24)21-18(23)11-13-4-2-5-14(10-13)12-20/h2,4-5,8-10,16H,3,6-7,11H2,1H3,(H,21,23)/t16-/m1/s1. The second kappa shape index (κ2) is 6.71. The van der Waals surface area contributed by atoms with E-state index in [0.29, 0.717) is 5.56 Å². The quantitative estimate of drug-likeness (QED) is 0.939. The summed E-state index contributed by atoms with van der Waals surface area (Å²) in [7, 11) is 1.78. The van der Waals surface area contributed by atoms with Crippen molar-refractivity contribution in [1.29, 1.82) is 5.26 Å². The average molecular weight is 321 g/mol. The minimum Gasteiger partial charge on any atom is -0.349 e. The summed E-state index contributed by atoms with van der Waals surface area (Å²) in [4.78, 5) is 24.2. The van der Waals surface area contributed by atoms with Crippen molar-refractivity contribution < 1.29 is 4.79 Å². The number of hydrogen-bond acceptors (Lipinski definition) is 3. The monoisotopic (exact) mass is 321 g/mol. The highest BCUT2D eigenvalue weighted by Gasteiger charge is 2.23. The molecular formula is C19H19N3O2. The molecule has 1 aliphatic rings. The van der Waals surface area contributed by atoms with Gasteiger partial charge in [0.2, 0.25) is 11.5 Å². The molecule has 0 fully saturated rings. The summed E-state index contributed by atoms with van der Waals surface area (Å²) in [6.07, 6.45) is 2.92. The number of nitrogens with zero attached hydrogens (tertiary/aromatic N) is 2. The molecule has 5 heteroatoms. The summed E-state index contributed by atoms with van der Waals surface area (Å²) in [6, 6.07) is 12.5. The predicted octanol–water partition coefficient (Wildman–Crippen LogP) is 1.99. The topological polar surface area (TPSA) is 74.9 Å². The van der Waals surface area contributed by atoms with Crippen LogP contribution in [0, 0.1) is 11.3 Å². The van der Waals surface area contributed by atoms with E-state index in [1.54, 1.807) is 35.9 Å². The van der Waals surface area contributed by atoms with Gasteiger partial charge in [0, 0.05) is 18.8 Å². The van der Waals surface area contributed by atoms with Crippen molar-refractivity contribution >= 4 is 5.91 Å². The molecule has 1 amide bonds. The summed E-state index contributed by atoms with van der Waals surface area (Å²) in [6.45, 7) is 0. The van der Waals surface area contributed by atoms with E-state index >= 15 is 0 Å². The van der Waals surface area contributed by atoms with E-state index in [1.807, 2.05) is 12.1 Å². The maximum atomic E-state index is 12.4. The fourth-order valence-corrected chi connectivity index (χ4v) is 3.29. The summed E-state index contributed by atoms with van der Waals surface area (Å²) in [5.41, 5.74) is 3.39. The van der Waals surface area contributed by atoms with Crippen molar-refractivity contribution in [1.82, 2.24) is 9.88 Å². The molecule has 0 aliphatic heterocycles. The van der Waals surface area contributed by atoms with Gasteiger partial charge in [-0.05, 0) is 48.6 Å². The van der Waals surface area contributed by atoms with Crippen LogP contribution in [0.25, 0.3) is 0 Å². The third kappa shape index (κ3) is 3.23. The molecule has 0 spiro atoms. The van der Waals surface area contributed by atoms with Crippen LogP contribution in [0.15, 0.2) is 41.2 Å². The van der Waals surface area contributed by atoms with Gasteiger partial charge in [0.15, 0.2) is 0 Å². The van der Waals surface area contributed by atoms with E-state index in [4.69, 9.17) is 5.26 Å². The van der Waals surface area contributed by atoms with Gasteiger partial charge in [-0.3, -0.25) is 9.59 Å². The molecule has 0 saturated carbocycles. The number of fused-ring (bicyclic) bond motifs is 1. The Morgan fingerprint density at radius 3 is 3.00 bits per heavy atom. The van der Waals surface area contributed by atoms with Crippen LogP contribution in [-0.4, -0.2) is 10.5 Å². The van der Waals surface area contributed by atoms with Crippen molar-refractivity contribution in [2.45, 2.75) is 31.7 Å². The van der Waals surface area contributed by atoms with Crippen LogP contribution in [-0.2, 0) is 24.7 Å². The maximum Gasteiger partial charge on any atom is 0.250 e. The molecule has 1 aliphatic carbocycles. The Bertz CT molecular complexity index is 877. The molecule has 0 saturated heterocycles. The lowest BCUT2D eigenvalue weighted by Crippen LogP contribution is -2.34. The number of carbonyl (C=O) groups excluding carboxylic acids is 1. The number of aromatic nitrogens is 1. The van der Waals surface area contributed by atoms with Gasteiger partial charge < -0.3 is 9.88 Å². The van der Waals surface area contributed by atoms with Gasteiger partial charge in [-0.2, -0.15) is 5.26 Å². The van der Waals surface area contributed by atoms with Crippen LogP contribution in [0.5, 0.6) is 0 Å². The van der Waals surface area contributed by atoms with E-state index in [-0.39, 0.29) is 23.9 Å². The zero-order valence-electron chi connectivity index (χ0n) is 13.6. The van der Waals surface area contributed by atoms with Gasteiger partial charge in [-0.1, -0.05) is 12.1 Å². The normalized spacial score (nSPS) is 16.1. The minimum atomic E-state index is -0.0724. The fraction of sp³-hybridized carbons (Fsp3) is 0.316. The summed E-state index contributed by atoms with van der Waals surface area (Å²) in [5, 5.41) is 12.0. The molecule has 0 bridgehead atoms. The number of benzene rings is 1. The molecule has 0 unspecified atom stereocenters. The second-order valence-electron chi connectivity index (χ2n) is 6.13. The van der Waals surface area contributed by atoms with Crippen molar-refractivity contribution in [3.8, 4) is 6.07 Å². The van der Waals surface area contributed by atoms with Gasteiger partial charge in [0.05, 0.1) is 24.1 Å². The lowest BCUT2D eigenvalue weighted by molar-refractivity contribution is -0.121. The van der Waals surface area contributed by atoms with E-state index in [2.05, 4.69) is 11.4 Å². The van der Waals surface area contributed by atoms with Crippen molar-refractivity contribution in [2.75, 3.05) is 0 Å². The molecule has 24 heavy (non-hydrogen) atoms. The summed E-state index contributed by atoms with van der Waals surface area (Å²) >= 11 is 0. The largest absolute Gasteiger partial charge is 0.349 e.